The van der Waals surface area contributed by atoms with Gasteiger partial charge in [0.05, 0.1) is 0 Å². The number of amides is 2. The molecule has 1 aliphatic heterocycles. The molecule has 2 N–H and O–H groups in total. The van der Waals surface area contributed by atoms with Crippen molar-refractivity contribution in [2.24, 2.45) is 0 Å². The van der Waals surface area contributed by atoms with Gasteiger partial charge in [-0.15, -0.1) is 0 Å². The van der Waals surface area contributed by atoms with Crippen LogP contribution >= 0.6 is 0 Å². The van der Waals surface area contributed by atoms with E-state index < -0.39 is 20.5 Å². The topological polar surface area (TPSA) is 95.6 Å². The third-order valence-electron chi connectivity index (χ3n) is 5.13. The van der Waals surface area contributed by atoms with Crippen LogP contribution in [0.1, 0.15) is 39.2 Å². The first-order valence-electron chi connectivity index (χ1n) is 9.15. The average molecular weight is 396 g/mol. The van der Waals surface area contributed by atoms with E-state index >= 15 is 0 Å². The highest BCUT2D eigenvalue weighted by atomic mass is 32.2. The number of rotatable bonds is 6. The van der Waals surface area contributed by atoms with E-state index in [0.29, 0.717) is 25.3 Å². The van der Waals surface area contributed by atoms with E-state index in [1.165, 1.54) is 6.92 Å². The Kier molecular flexibility index (Phi) is 6.64. The van der Waals surface area contributed by atoms with Crippen LogP contribution in [0.25, 0.3) is 0 Å². The molecule has 8 heteroatoms. The normalized spacial score (nSPS) is 16.8. The predicted molar refractivity (Wildman–Crippen MR) is 106 cm³/mol. The van der Waals surface area contributed by atoms with Gasteiger partial charge >= 0.3 is 0 Å². The molecule has 0 unspecified atom stereocenters. The lowest BCUT2D eigenvalue weighted by molar-refractivity contribution is -0.131. The zero-order valence-electron chi connectivity index (χ0n) is 16.4. The second-order valence-corrected chi connectivity index (χ2v) is 9.73. The molecule has 1 heterocycles. The van der Waals surface area contributed by atoms with Crippen LogP contribution in [0.5, 0.6) is 0 Å². The molecule has 0 bridgehead atoms. The van der Waals surface area contributed by atoms with E-state index in [1.807, 2.05) is 26.0 Å². The average Bonchev–Trinajstić information content (AvgIpc) is 2.60. The SMILES string of the molecule is CC(=O)N(Cc1ccc(NC(=O)C2(S(C)(=O)=O)CCNCC2)cc1)C(C)C. The summed E-state index contributed by atoms with van der Waals surface area (Å²) < 4.78 is 23.2. The first-order valence-corrected chi connectivity index (χ1v) is 11.0. The number of sulfone groups is 1. The number of nitrogens with one attached hydrogen (secondary N) is 2. The van der Waals surface area contributed by atoms with E-state index in [-0.39, 0.29) is 24.8 Å². The van der Waals surface area contributed by atoms with Crippen LogP contribution in [-0.4, -0.2) is 55.3 Å². The Morgan fingerprint density at radius 2 is 1.74 bits per heavy atom. The lowest BCUT2D eigenvalue weighted by Crippen LogP contribution is -2.55. The van der Waals surface area contributed by atoms with Crippen LogP contribution in [-0.2, 0) is 26.0 Å². The molecule has 2 rings (SSSR count). The lowest BCUT2D eigenvalue weighted by Gasteiger charge is -2.34. The molecule has 0 radical (unpaired) electrons. The minimum absolute atomic E-state index is 0.00313. The third kappa shape index (κ3) is 4.87. The fourth-order valence-electron chi connectivity index (χ4n) is 3.39. The van der Waals surface area contributed by atoms with Crippen molar-refractivity contribution >= 4 is 27.3 Å². The molecule has 1 aromatic rings. The van der Waals surface area contributed by atoms with Gasteiger partial charge in [0, 0.05) is 31.5 Å². The van der Waals surface area contributed by atoms with Crippen LogP contribution in [0.3, 0.4) is 0 Å². The molecule has 150 valence electrons. The molecule has 1 fully saturated rings. The summed E-state index contributed by atoms with van der Waals surface area (Å²) in [4.78, 5) is 26.3. The molecule has 27 heavy (non-hydrogen) atoms. The molecular formula is C19H29N3O4S. The monoisotopic (exact) mass is 395 g/mol. The first-order chi connectivity index (χ1) is 12.6. The molecule has 1 aromatic carbocycles. The molecule has 0 aliphatic carbocycles. The zero-order valence-corrected chi connectivity index (χ0v) is 17.2. The third-order valence-corrected chi connectivity index (χ3v) is 7.14. The first kappa shape index (κ1) is 21.4. The van der Waals surface area contributed by atoms with E-state index in [4.69, 9.17) is 0 Å². The van der Waals surface area contributed by atoms with Gasteiger partial charge in [-0.3, -0.25) is 9.59 Å². The molecule has 1 saturated heterocycles. The predicted octanol–water partition coefficient (Wildman–Crippen LogP) is 1.55. The minimum atomic E-state index is -3.55. The fourth-order valence-corrected chi connectivity index (χ4v) is 4.72. The zero-order chi connectivity index (χ0) is 20.2. The van der Waals surface area contributed by atoms with E-state index in [0.717, 1.165) is 11.8 Å². The van der Waals surface area contributed by atoms with Crippen LogP contribution < -0.4 is 10.6 Å². The van der Waals surface area contributed by atoms with E-state index in [2.05, 4.69) is 10.6 Å². The molecule has 1 aliphatic rings. The maximum atomic E-state index is 12.8. The quantitative estimate of drug-likeness (QED) is 0.762. The van der Waals surface area contributed by atoms with Crippen LogP contribution in [0, 0.1) is 0 Å². The molecule has 7 nitrogen and oxygen atoms in total. The maximum absolute atomic E-state index is 12.8. The Morgan fingerprint density at radius 1 is 1.19 bits per heavy atom. The standard InChI is InChI=1S/C19H29N3O4S/c1-14(2)22(15(3)23)13-16-5-7-17(8-6-16)21-18(24)19(27(4,25)26)9-11-20-12-10-19/h5-8,14,20H,9-13H2,1-4H3,(H,21,24). The van der Waals surface area contributed by atoms with Gasteiger partial charge < -0.3 is 15.5 Å². The largest absolute Gasteiger partial charge is 0.336 e. The van der Waals surface area contributed by atoms with Crippen LogP contribution in [0.15, 0.2) is 24.3 Å². The summed E-state index contributed by atoms with van der Waals surface area (Å²) in [6, 6.07) is 7.25. The Labute approximate surface area is 161 Å². The fraction of sp³-hybridized carbons (Fsp3) is 0.579. The van der Waals surface area contributed by atoms with Crippen molar-refractivity contribution in [2.75, 3.05) is 24.7 Å². The number of hydrogen-bond acceptors (Lipinski definition) is 5. The highest BCUT2D eigenvalue weighted by Gasteiger charge is 2.48. The van der Waals surface area contributed by atoms with Gasteiger partial charge in [0.1, 0.15) is 0 Å². The summed E-state index contributed by atoms with van der Waals surface area (Å²) in [6.07, 6.45) is 1.65. The number of carbonyl (C=O) groups excluding carboxylic acids is 2. The maximum Gasteiger partial charge on any atom is 0.245 e. The second kappa shape index (κ2) is 8.39. The number of carbonyl (C=O) groups is 2. The number of hydrogen-bond donors (Lipinski definition) is 2. The highest BCUT2D eigenvalue weighted by molar-refractivity contribution is 7.92. The molecular weight excluding hydrogens is 366 g/mol. The van der Waals surface area contributed by atoms with Gasteiger partial charge in [0.25, 0.3) is 0 Å². The Morgan fingerprint density at radius 3 is 2.19 bits per heavy atom. The molecule has 2 amide bonds. The van der Waals surface area contributed by atoms with Gasteiger partial charge in [-0.05, 0) is 57.5 Å². The van der Waals surface area contributed by atoms with Gasteiger partial charge in [0.2, 0.25) is 11.8 Å². The summed E-state index contributed by atoms with van der Waals surface area (Å²) in [5.74, 6) is -0.477. The minimum Gasteiger partial charge on any atom is -0.336 e. The number of anilines is 1. The lowest BCUT2D eigenvalue weighted by atomic mass is 9.95. The van der Waals surface area contributed by atoms with E-state index in [9.17, 15) is 18.0 Å². The number of piperidine rings is 1. The highest BCUT2D eigenvalue weighted by Crippen LogP contribution is 2.29. The van der Waals surface area contributed by atoms with Crippen molar-refractivity contribution in [3.63, 3.8) is 0 Å². The van der Waals surface area contributed by atoms with Crippen molar-refractivity contribution in [1.82, 2.24) is 10.2 Å². The Hall–Kier alpha value is -1.93. The second-order valence-electron chi connectivity index (χ2n) is 7.41. The van der Waals surface area contributed by atoms with Gasteiger partial charge in [-0.1, -0.05) is 12.1 Å². The smallest absolute Gasteiger partial charge is 0.245 e. The van der Waals surface area contributed by atoms with Crippen molar-refractivity contribution < 1.29 is 18.0 Å². The van der Waals surface area contributed by atoms with Crippen molar-refractivity contribution in [1.29, 1.82) is 0 Å². The molecule has 0 saturated carbocycles. The number of nitrogens with zero attached hydrogens (tertiary/aromatic N) is 1. The Bertz CT molecular complexity index is 782. The van der Waals surface area contributed by atoms with Gasteiger partial charge in [-0.2, -0.15) is 0 Å². The van der Waals surface area contributed by atoms with Crippen molar-refractivity contribution in [2.45, 2.75) is 50.9 Å². The molecule has 0 atom stereocenters. The van der Waals surface area contributed by atoms with Crippen molar-refractivity contribution in [3.05, 3.63) is 29.8 Å². The van der Waals surface area contributed by atoms with E-state index in [1.54, 1.807) is 17.0 Å². The summed E-state index contributed by atoms with van der Waals surface area (Å²) in [6.45, 7) is 6.93. The van der Waals surface area contributed by atoms with Crippen LogP contribution in [0.2, 0.25) is 0 Å². The summed E-state index contributed by atoms with van der Waals surface area (Å²) in [7, 11) is -3.55. The van der Waals surface area contributed by atoms with Gasteiger partial charge in [0.15, 0.2) is 14.6 Å². The molecule has 0 spiro atoms. The number of benzene rings is 1. The molecule has 0 aromatic heterocycles. The Balaban J connectivity index is 2.13. The summed E-state index contributed by atoms with van der Waals surface area (Å²) in [5.41, 5.74) is 1.49. The summed E-state index contributed by atoms with van der Waals surface area (Å²) >= 11 is 0. The van der Waals surface area contributed by atoms with Gasteiger partial charge in [-0.25, -0.2) is 8.42 Å². The van der Waals surface area contributed by atoms with Crippen LogP contribution in [0.4, 0.5) is 5.69 Å². The van der Waals surface area contributed by atoms with Crippen molar-refractivity contribution in [3.8, 4) is 0 Å². The summed E-state index contributed by atoms with van der Waals surface area (Å²) in [5, 5.41) is 5.86.